The summed E-state index contributed by atoms with van der Waals surface area (Å²) in [6.07, 6.45) is 2.17. The third kappa shape index (κ3) is 2.52. The fourth-order valence-electron chi connectivity index (χ4n) is 2.06. The van der Waals surface area contributed by atoms with Crippen LogP contribution in [0.15, 0.2) is 30.3 Å². The number of carbonyl (C=O) groups is 1. The Bertz CT molecular complexity index is 609. The van der Waals surface area contributed by atoms with Crippen molar-refractivity contribution in [3.8, 4) is 11.3 Å². The van der Waals surface area contributed by atoms with E-state index in [-0.39, 0.29) is 5.91 Å². The van der Waals surface area contributed by atoms with E-state index in [1.54, 1.807) is 4.68 Å². The lowest BCUT2D eigenvalue weighted by Crippen LogP contribution is -2.25. The maximum atomic E-state index is 12.0. The van der Waals surface area contributed by atoms with Gasteiger partial charge in [0.2, 0.25) is 0 Å². The molecule has 0 unspecified atom stereocenters. The van der Waals surface area contributed by atoms with Crippen molar-refractivity contribution in [1.29, 1.82) is 0 Å². The summed E-state index contributed by atoms with van der Waals surface area (Å²) in [5.74, 6) is -0.0727. The molecule has 98 valence electrons. The highest BCUT2D eigenvalue weighted by Crippen LogP contribution is 2.22. The zero-order chi connectivity index (χ0) is 13.4. The first-order valence-corrected chi connectivity index (χ1v) is 6.55. The molecule has 1 amide bonds. The van der Waals surface area contributed by atoms with E-state index >= 15 is 0 Å². The van der Waals surface area contributed by atoms with Crippen molar-refractivity contribution in [3.05, 3.63) is 41.6 Å². The van der Waals surface area contributed by atoms with Gasteiger partial charge in [-0.1, -0.05) is 29.8 Å². The van der Waals surface area contributed by atoms with Crippen molar-refractivity contribution in [2.75, 3.05) is 0 Å². The van der Waals surface area contributed by atoms with Gasteiger partial charge in [0.25, 0.3) is 5.91 Å². The molecule has 3 rings (SSSR count). The molecule has 19 heavy (non-hydrogen) atoms. The molecule has 0 saturated heterocycles. The summed E-state index contributed by atoms with van der Waals surface area (Å²) in [5.41, 5.74) is 3.75. The predicted molar refractivity (Wildman–Crippen MR) is 73.9 cm³/mol. The van der Waals surface area contributed by atoms with Crippen LogP contribution in [0.2, 0.25) is 0 Å². The Hall–Kier alpha value is -2.10. The van der Waals surface area contributed by atoms with E-state index in [0.717, 1.165) is 24.1 Å². The second-order valence-corrected chi connectivity index (χ2v) is 5.15. The SMILES string of the molecule is Cc1ccc(-c2cc(C(=O)NC3CC3)nn2C)cc1. The summed E-state index contributed by atoms with van der Waals surface area (Å²) in [5, 5.41) is 7.25. The Balaban J connectivity index is 1.87. The summed E-state index contributed by atoms with van der Waals surface area (Å²) < 4.78 is 1.76. The topological polar surface area (TPSA) is 46.9 Å². The van der Waals surface area contributed by atoms with E-state index in [1.807, 2.05) is 13.1 Å². The molecule has 0 bridgehead atoms. The Labute approximate surface area is 112 Å². The van der Waals surface area contributed by atoms with Gasteiger partial charge in [-0.2, -0.15) is 5.10 Å². The van der Waals surface area contributed by atoms with E-state index in [4.69, 9.17) is 0 Å². The van der Waals surface area contributed by atoms with Crippen LogP contribution in [0.3, 0.4) is 0 Å². The number of aryl methyl sites for hydroxylation is 2. The standard InChI is InChI=1S/C15H17N3O/c1-10-3-5-11(6-4-10)14-9-13(17-18(14)2)15(19)16-12-7-8-12/h3-6,9,12H,7-8H2,1-2H3,(H,16,19). The lowest BCUT2D eigenvalue weighted by atomic mass is 10.1. The number of nitrogens with zero attached hydrogens (tertiary/aromatic N) is 2. The van der Waals surface area contributed by atoms with Crippen LogP contribution in [0.4, 0.5) is 0 Å². The van der Waals surface area contributed by atoms with Gasteiger partial charge in [-0.3, -0.25) is 9.48 Å². The van der Waals surface area contributed by atoms with Crippen LogP contribution in [0.5, 0.6) is 0 Å². The zero-order valence-electron chi connectivity index (χ0n) is 11.2. The summed E-state index contributed by atoms with van der Waals surface area (Å²) in [7, 11) is 1.86. The highest BCUT2D eigenvalue weighted by molar-refractivity contribution is 5.93. The third-order valence-corrected chi connectivity index (χ3v) is 3.37. The number of amides is 1. The van der Waals surface area contributed by atoms with E-state index in [2.05, 4.69) is 41.6 Å². The summed E-state index contributed by atoms with van der Waals surface area (Å²) >= 11 is 0. The third-order valence-electron chi connectivity index (χ3n) is 3.37. The normalized spacial score (nSPS) is 14.4. The van der Waals surface area contributed by atoms with Crippen molar-refractivity contribution in [2.24, 2.45) is 7.05 Å². The van der Waals surface area contributed by atoms with Gasteiger partial charge in [0.1, 0.15) is 0 Å². The molecule has 0 atom stereocenters. The van der Waals surface area contributed by atoms with Gasteiger partial charge in [0.15, 0.2) is 5.69 Å². The van der Waals surface area contributed by atoms with Gasteiger partial charge in [0, 0.05) is 13.1 Å². The maximum absolute atomic E-state index is 12.0. The average molecular weight is 255 g/mol. The van der Waals surface area contributed by atoms with E-state index in [9.17, 15) is 4.79 Å². The van der Waals surface area contributed by atoms with Crippen LogP contribution in [0.25, 0.3) is 11.3 Å². The Morgan fingerprint density at radius 2 is 2.00 bits per heavy atom. The minimum absolute atomic E-state index is 0.0727. The lowest BCUT2D eigenvalue weighted by molar-refractivity contribution is 0.0945. The van der Waals surface area contributed by atoms with Crippen molar-refractivity contribution >= 4 is 5.91 Å². The predicted octanol–water partition coefficient (Wildman–Crippen LogP) is 2.29. The average Bonchev–Trinajstić information content (AvgIpc) is 3.11. The van der Waals surface area contributed by atoms with Gasteiger partial charge < -0.3 is 5.32 Å². The smallest absolute Gasteiger partial charge is 0.272 e. The molecule has 1 aromatic carbocycles. The number of nitrogens with one attached hydrogen (secondary N) is 1. The molecule has 1 heterocycles. The summed E-state index contributed by atoms with van der Waals surface area (Å²) in [6.45, 7) is 2.06. The molecule has 4 heteroatoms. The number of carbonyl (C=O) groups excluding carboxylic acids is 1. The largest absolute Gasteiger partial charge is 0.348 e. The first-order valence-electron chi connectivity index (χ1n) is 6.55. The molecule has 2 aromatic rings. The van der Waals surface area contributed by atoms with Crippen LogP contribution >= 0.6 is 0 Å². The number of hydrogen-bond acceptors (Lipinski definition) is 2. The minimum Gasteiger partial charge on any atom is -0.348 e. The maximum Gasteiger partial charge on any atom is 0.272 e. The Morgan fingerprint density at radius 1 is 1.32 bits per heavy atom. The second kappa shape index (κ2) is 4.53. The molecule has 1 fully saturated rings. The van der Waals surface area contributed by atoms with Crippen LogP contribution in [-0.4, -0.2) is 21.7 Å². The molecule has 1 N–H and O–H groups in total. The second-order valence-electron chi connectivity index (χ2n) is 5.15. The quantitative estimate of drug-likeness (QED) is 0.914. The van der Waals surface area contributed by atoms with Crippen molar-refractivity contribution in [2.45, 2.75) is 25.8 Å². The van der Waals surface area contributed by atoms with E-state index < -0.39 is 0 Å². The molecule has 0 spiro atoms. The highest BCUT2D eigenvalue weighted by atomic mass is 16.2. The Morgan fingerprint density at radius 3 is 2.63 bits per heavy atom. The molecule has 0 aliphatic heterocycles. The number of rotatable bonds is 3. The molecular weight excluding hydrogens is 238 g/mol. The molecule has 1 aromatic heterocycles. The summed E-state index contributed by atoms with van der Waals surface area (Å²) in [6, 6.07) is 10.4. The molecule has 1 aliphatic rings. The van der Waals surface area contributed by atoms with Crippen LogP contribution < -0.4 is 5.32 Å². The molecular formula is C15H17N3O. The Kier molecular flexibility index (Phi) is 2.85. The zero-order valence-corrected chi connectivity index (χ0v) is 11.2. The minimum atomic E-state index is -0.0727. The van der Waals surface area contributed by atoms with Gasteiger partial charge in [-0.05, 0) is 31.4 Å². The first-order chi connectivity index (χ1) is 9.13. The lowest BCUT2D eigenvalue weighted by Gasteiger charge is -2.01. The van der Waals surface area contributed by atoms with Gasteiger partial charge in [-0.15, -0.1) is 0 Å². The molecule has 1 aliphatic carbocycles. The number of benzene rings is 1. The van der Waals surface area contributed by atoms with Gasteiger partial charge in [0.05, 0.1) is 5.69 Å². The highest BCUT2D eigenvalue weighted by Gasteiger charge is 2.25. The van der Waals surface area contributed by atoms with Crippen molar-refractivity contribution < 1.29 is 4.79 Å². The van der Waals surface area contributed by atoms with Gasteiger partial charge >= 0.3 is 0 Å². The molecule has 1 saturated carbocycles. The van der Waals surface area contributed by atoms with Crippen LogP contribution in [0.1, 0.15) is 28.9 Å². The van der Waals surface area contributed by atoms with E-state index in [1.165, 1.54) is 5.56 Å². The van der Waals surface area contributed by atoms with Crippen LogP contribution in [-0.2, 0) is 7.05 Å². The number of hydrogen-bond donors (Lipinski definition) is 1. The first kappa shape index (κ1) is 12.0. The molecule has 0 radical (unpaired) electrons. The van der Waals surface area contributed by atoms with Crippen LogP contribution in [0, 0.1) is 6.92 Å². The fourth-order valence-corrected chi connectivity index (χ4v) is 2.06. The fraction of sp³-hybridized carbons (Fsp3) is 0.333. The van der Waals surface area contributed by atoms with Crippen molar-refractivity contribution in [3.63, 3.8) is 0 Å². The number of aromatic nitrogens is 2. The summed E-state index contributed by atoms with van der Waals surface area (Å²) in [4.78, 5) is 12.0. The van der Waals surface area contributed by atoms with E-state index in [0.29, 0.717) is 11.7 Å². The molecule has 4 nitrogen and oxygen atoms in total. The van der Waals surface area contributed by atoms with Crippen molar-refractivity contribution in [1.82, 2.24) is 15.1 Å². The van der Waals surface area contributed by atoms with Gasteiger partial charge in [-0.25, -0.2) is 0 Å². The monoisotopic (exact) mass is 255 g/mol.